The minimum absolute atomic E-state index is 0.175. The zero-order valence-corrected chi connectivity index (χ0v) is 10.5. The van der Waals surface area contributed by atoms with Crippen LogP contribution in [0.25, 0.3) is 0 Å². The van der Waals surface area contributed by atoms with Crippen molar-refractivity contribution in [1.82, 2.24) is 5.32 Å². The third-order valence-corrected chi connectivity index (χ3v) is 3.49. The van der Waals surface area contributed by atoms with Gasteiger partial charge in [0.05, 0.1) is 0 Å². The Bertz CT molecular complexity index is 380. The molecule has 0 aliphatic heterocycles. The summed E-state index contributed by atoms with van der Waals surface area (Å²) in [6.45, 7) is 1.76. The summed E-state index contributed by atoms with van der Waals surface area (Å²) in [4.78, 5) is 0. The highest BCUT2D eigenvalue weighted by atomic mass is 19.1. The topological polar surface area (TPSA) is 21.3 Å². The van der Waals surface area contributed by atoms with Crippen molar-refractivity contribution >= 4 is 0 Å². The summed E-state index contributed by atoms with van der Waals surface area (Å²) in [7, 11) is 1.97. The molecule has 3 heteroatoms. The van der Waals surface area contributed by atoms with Crippen molar-refractivity contribution < 1.29 is 9.13 Å². The molecule has 0 radical (unpaired) electrons. The summed E-state index contributed by atoms with van der Waals surface area (Å²) in [5, 5.41) is 3.30. The van der Waals surface area contributed by atoms with Gasteiger partial charge in [-0.05, 0) is 57.0 Å². The maximum Gasteiger partial charge on any atom is 0.126 e. The van der Waals surface area contributed by atoms with Gasteiger partial charge in [-0.3, -0.25) is 0 Å². The van der Waals surface area contributed by atoms with E-state index in [-0.39, 0.29) is 11.9 Å². The molecule has 1 aliphatic carbocycles. The molecule has 1 aromatic carbocycles. The van der Waals surface area contributed by atoms with Crippen LogP contribution in [0.4, 0.5) is 4.39 Å². The first-order valence-corrected chi connectivity index (χ1v) is 6.31. The number of halogens is 1. The first kappa shape index (κ1) is 12.4. The van der Waals surface area contributed by atoms with E-state index >= 15 is 0 Å². The Morgan fingerprint density at radius 3 is 2.76 bits per heavy atom. The van der Waals surface area contributed by atoms with Crippen LogP contribution in [0.5, 0.6) is 5.75 Å². The number of nitrogens with one attached hydrogen (secondary N) is 1. The van der Waals surface area contributed by atoms with Crippen molar-refractivity contribution in [3.63, 3.8) is 0 Å². The summed E-state index contributed by atoms with van der Waals surface area (Å²) in [6.07, 6.45) is 4.90. The Balaban J connectivity index is 2.05. The fourth-order valence-electron chi connectivity index (χ4n) is 2.43. The van der Waals surface area contributed by atoms with E-state index in [9.17, 15) is 4.39 Å². The number of rotatable bonds is 3. The zero-order chi connectivity index (χ0) is 12.3. The fourth-order valence-corrected chi connectivity index (χ4v) is 2.43. The largest absolute Gasteiger partial charge is 0.489 e. The van der Waals surface area contributed by atoms with Crippen molar-refractivity contribution in [2.24, 2.45) is 0 Å². The number of likely N-dealkylation sites (N-methyl/N-ethyl adjacent to an activating group) is 1. The SMILES string of the molecule is CNC1CCCCC1Oc1ccc(F)c(C)c1. The summed E-state index contributed by atoms with van der Waals surface area (Å²) < 4.78 is 19.1. The predicted molar refractivity (Wildman–Crippen MR) is 66.9 cm³/mol. The smallest absolute Gasteiger partial charge is 0.126 e. The van der Waals surface area contributed by atoms with Gasteiger partial charge >= 0.3 is 0 Å². The van der Waals surface area contributed by atoms with Crippen molar-refractivity contribution in [1.29, 1.82) is 0 Å². The summed E-state index contributed by atoms with van der Waals surface area (Å²) in [5.41, 5.74) is 0.638. The van der Waals surface area contributed by atoms with E-state index in [1.165, 1.54) is 18.9 Å². The van der Waals surface area contributed by atoms with Gasteiger partial charge in [0, 0.05) is 6.04 Å². The van der Waals surface area contributed by atoms with E-state index in [1.54, 1.807) is 19.1 Å². The fraction of sp³-hybridized carbons (Fsp3) is 0.571. The Labute approximate surface area is 102 Å². The van der Waals surface area contributed by atoms with Crippen molar-refractivity contribution in [3.05, 3.63) is 29.6 Å². The molecule has 0 amide bonds. The molecule has 0 bridgehead atoms. The van der Waals surface area contributed by atoms with Crippen molar-refractivity contribution in [2.75, 3.05) is 7.05 Å². The Morgan fingerprint density at radius 1 is 1.29 bits per heavy atom. The lowest BCUT2D eigenvalue weighted by Crippen LogP contribution is -2.43. The van der Waals surface area contributed by atoms with Crippen LogP contribution in [0.2, 0.25) is 0 Å². The minimum Gasteiger partial charge on any atom is -0.489 e. The van der Waals surface area contributed by atoms with Gasteiger partial charge in [-0.15, -0.1) is 0 Å². The summed E-state index contributed by atoms with van der Waals surface area (Å²) in [5.74, 6) is 0.599. The number of aryl methyl sites for hydroxylation is 1. The maximum absolute atomic E-state index is 13.2. The molecule has 2 nitrogen and oxygen atoms in total. The van der Waals surface area contributed by atoms with Gasteiger partial charge in [-0.1, -0.05) is 6.42 Å². The van der Waals surface area contributed by atoms with Crippen molar-refractivity contribution in [3.8, 4) is 5.75 Å². The van der Waals surface area contributed by atoms with Gasteiger partial charge in [0.25, 0.3) is 0 Å². The van der Waals surface area contributed by atoms with Crippen LogP contribution >= 0.6 is 0 Å². The molecule has 2 unspecified atom stereocenters. The third-order valence-electron chi connectivity index (χ3n) is 3.49. The molecule has 1 aromatic rings. The highest BCUT2D eigenvalue weighted by molar-refractivity contribution is 5.29. The lowest BCUT2D eigenvalue weighted by atomic mass is 9.92. The molecule has 17 heavy (non-hydrogen) atoms. The highest BCUT2D eigenvalue weighted by Gasteiger charge is 2.25. The molecular formula is C14H20FNO. The van der Waals surface area contributed by atoms with Gasteiger partial charge in [-0.25, -0.2) is 4.39 Å². The summed E-state index contributed by atoms with van der Waals surface area (Å²) >= 11 is 0. The molecule has 1 saturated carbocycles. The quantitative estimate of drug-likeness (QED) is 0.872. The molecule has 0 heterocycles. The average Bonchev–Trinajstić information content (AvgIpc) is 2.34. The van der Waals surface area contributed by atoms with Crippen LogP contribution < -0.4 is 10.1 Å². The second-order valence-corrected chi connectivity index (χ2v) is 4.75. The maximum atomic E-state index is 13.2. The van der Waals surface area contributed by atoms with Gasteiger partial charge in [-0.2, -0.15) is 0 Å². The van der Waals surface area contributed by atoms with Crippen LogP contribution in [0.15, 0.2) is 18.2 Å². The first-order valence-electron chi connectivity index (χ1n) is 6.31. The van der Waals surface area contributed by atoms with Gasteiger partial charge in [0.1, 0.15) is 17.7 Å². The molecular weight excluding hydrogens is 217 g/mol. The lowest BCUT2D eigenvalue weighted by molar-refractivity contribution is 0.118. The molecule has 1 fully saturated rings. The number of benzene rings is 1. The summed E-state index contributed by atoms with van der Waals surface area (Å²) in [6, 6.07) is 5.37. The van der Waals surface area contributed by atoms with E-state index in [4.69, 9.17) is 4.74 Å². The van der Waals surface area contributed by atoms with Crippen LogP contribution in [0.1, 0.15) is 31.2 Å². The molecule has 1 N–H and O–H groups in total. The average molecular weight is 237 g/mol. The van der Waals surface area contributed by atoms with E-state index in [1.807, 2.05) is 7.05 Å². The lowest BCUT2D eigenvalue weighted by Gasteiger charge is -2.31. The van der Waals surface area contributed by atoms with E-state index in [0.717, 1.165) is 18.6 Å². The molecule has 2 atom stereocenters. The second kappa shape index (κ2) is 5.50. The van der Waals surface area contributed by atoms with Crippen LogP contribution in [-0.4, -0.2) is 19.2 Å². The van der Waals surface area contributed by atoms with Gasteiger partial charge in [0.2, 0.25) is 0 Å². The first-order chi connectivity index (χ1) is 8.20. The molecule has 94 valence electrons. The van der Waals surface area contributed by atoms with Crippen LogP contribution in [0, 0.1) is 12.7 Å². The highest BCUT2D eigenvalue weighted by Crippen LogP contribution is 2.25. The second-order valence-electron chi connectivity index (χ2n) is 4.75. The molecule has 0 aromatic heterocycles. The Morgan fingerprint density at radius 2 is 2.06 bits per heavy atom. The third kappa shape index (κ3) is 2.97. The number of hydrogen-bond donors (Lipinski definition) is 1. The monoisotopic (exact) mass is 237 g/mol. The number of hydrogen-bond acceptors (Lipinski definition) is 2. The predicted octanol–water partition coefficient (Wildman–Crippen LogP) is 3.04. The minimum atomic E-state index is -0.175. The normalized spacial score (nSPS) is 24.6. The Kier molecular flexibility index (Phi) is 4.00. The van der Waals surface area contributed by atoms with Crippen molar-refractivity contribution in [2.45, 2.75) is 44.8 Å². The molecule has 1 aliphatic rings. The molecule has 0 spiro atoms. The zero-order valence-electron chi connectivity index (χ0n) is 10.5. The van der Waals surface area contributed by atoms with Crippen LogP contribution in [0.3, 0.4) is 0 Å². The standard InChI is InChI=1S/C14H20FNO/c1-10-9-11(7-8-12(10)15)17-14-6-4-3-5-13(14)16-2/h7-9,13-14,16H,3-6H2,1-2H3. The molecule has 2 rings (SSSR count). The van der Waals surface area contributed by atoms with E-state index in [0.29, 0.717) is 11.6 Å². The van der Waals surface area contributed by atoms with Gasteiger partial charge in [0.15, 0.2) is 0 Å². The molecule has 0 saturated heterocycles. The Hall–Kier alpha value is -1.09. The van der Waals surface area contributed by atoms with E-state index in [2.05, 4.69) is 5.32 Å². The van der Waals surface area contributed by atoms with Crippen LogP contribution in [-0.2, 0) is 0 Å². The number of ether oxygens (including phenoxy) is 1. The van der Waals surface area contributed by atoms with E-state index < -0.39 is 0 Å². The van der Waals surface area contributed by atoms with Gasteiger partial charge < -0.3 is 10.1 Å².